The van der Waals surface area contributed by atoms with E-state index in [0.29, 0.717) is 15.9 Å². The van der Waals surface area contributed by atoms with Crippen molar-refractivity contribution in [3.8, 4) is 0 Å². The summed E-state index contributed by atoms with van der Waals surface area (Å²) in [6.07, 6.45) is -4.77. The second kappa shape index (κ2) is 13.1. The van der Waals surface area contributed by atoms with Gasteiger partial charge in [-0.1, -0.05) is 53.5 Å². The van der Waals surface area contributed by atoms with Crippen LogP contribution in [0.4, 0.5) is 18.9 Å². The summed E-state index contributed by atoms with van der Waals surface area (Å²) in [6.45, 7) is 3.71. The van der Waals surface area contributed by atoms with Gasteiger partial charge in [-0.2, -0.15) is 13.2 Å². The van der Waals surface area contributed by atoms with Crippen molar-refractivity contribution in [3.63, 3.8) is 0 Å². The van der Waals surface area contributed by atoms with Gasteiger partial charge in [-0.15, -0.1) is 0 Å². The van der Waals surface area contributed by atoms with Gasteiger partial charge in [-0.3, -0.25) is 13.9 Å². The van der Waals surface area contributed by atoms with Gasteiger partial charge >= 0.3 is 6.18 Å². The Morgan fingerprint density at radius 2 is 1.49 bits per heavy atom. The van der Waals surface area contributed by atoms with Crippen molar-refractivity contribution in [2.24, 2.45) is 0 Å². The number of nitrogens with zero attached hydrogens (tertiary/aromatic N) is 2. The second-order valence-electron chi connectivity index (χ2n) is 9.43. The standard InChI is InChI=1S/C28H28Cl2F3N3O4S/c1-18(2)34-27(38)19(3)35(16-23-24(29)13-8-14-25(23)30)26(37)17-36(41(39,40)22-11-5-4-6-12-22)21-10-7-9-20(15-21)28(31,32)33/h4-15,18-19H,16-17H2,1-3H3,(H,34,38). The molecule has 1 unspecified atom stereocenters. The molecule has 3 rings (SSSR count). The minimum absolute atomic E-state index is 0.207. The van der Waals surface area contributed by atoms with Gasteiger partial charge in [0.25, 0.3) is 10.0 Å². The maximum atomic E-state index is 13.9. The Labute approximate surface area is 246 Å². The first-order valence-corrected chi connectivity index (χ1v) is 14.6. The highest BCUT2D eigenvalue weighted by Crippen LogP contribution is 2.34. The summed E-state index contributed by atoms with van der Waals surface area (Å²) in [7, 11) is -4.53. The molecule has 0 saturated heterocycles. The number of rotatable bonds is 10. The molecule has 13 heteroatoms. The number of alkyl halides is 3. The highest BCUT2D eigenvalue weighted by atomic mass is 35.5. The maximum Gasteiger partial charge on any atom is 0.416 e. The van der Waals surface area contributed by atoms with Crippen LogP contribution in [-0.4, -0.2) is 43.8 Å². The minimum Gasteiger partial charge on any atom is -0.352 e. The lowest BCUT2D eigenvalue weighted by molar-refractivity contribution is -0.139. The number of carbonyl (C=O) groups is 2. The largest absolute Gasteiger partial charge is 0.416 e. The Bertz CT molecular complexity index is 1480. The van der Waals surface area contributed by atoms with Crippen LogP contribution in [-0.2, 0) is 32.3 Å². The van der Waals surface area contributed by atoms with Crippen LogP contribution in [0.25, 0.3) is 0 Å². The molecular weight excluding hydrogens is 602 g/mol. The zero-order valence-electron chi connectivity index (χ0n) is 22.3. The molecule has 0 fully saturated rings. The molecule has 3 aromatic carbocycles. The van der Waals surface area contributed by atoms with Crippen molar-refractivity contribution in [1.82, 2.24) is 10.2 Å². The van der Waals surface area contributed by atoms with Crippen molar-refractivity contribution < 1.29 is 31.2 Å². The molecule has 0 aromatic heterocycles. The first kappa shape index (κ1) is 32.2. The fourth-order valence-corrected chi connectivity index (χ4v) is 5.87. The Morgan fingerprint density at radius 1 is 0.902 bits per heavy atom. The van der Waals surface area contributed by atoms with E-state index in [1.807, 2.05) is 0 Å². The Balaban J connectivity index is 2.12. The number of hydrogen-bond donors (Lipinski definition) is 1. The van der Waals surface area contributed by atoms with Gasteiger partial charge in [0.1, 0.15) is 12.6 Å². The van der Waals surface area contributed by atoms with E-state index in [1.54, 1.807) is 38.1 Å². The van der Waals surface area contributed by atoms with Gasteiger partial charge in [0, 0.05) is 28.2 Å². The molecule has 0 saturated carbocycles. The molecule has 0 bridgehead atoms. The maximum absolute atomic E-state index is 13.9. The molecule has 0 aliphatic carbocycles. The quantitative estimate of drug-likeness (QED) is 0.291. The van der Waals surface area contributed by atoms with Crippen LogP contribution in [0.1, 0.15) is 31.9 Å². The van der Waals surface area contributed by atoms with E-state index in [1.165, 1.54) is 31.2 Å². The molecule has 2 amide bonds. The minimum atomic E-state index is -4.77. The highest BCUT2D eigenvalue weighted by molar-refractivity contribution is 7.92. The summed E-state index contributed by atoms with van der Waals surface area (Å²) in [5, 5.41) is 3.12. The van der Waals surface area contributed by atoms with Gasteiger partial charge in [-0.05, 0) is 63.2 Å². The zero-order valence-corrected chi connectivity index (χ0v) is 24.7. The average Bonchev–Trinajstić information content (AvgIpc) is 2.90. The second-order valence-corrected chi connectivity index (χ2v) is 12.1. The third-order valence-electron chi connectivity index (χ3n) is 6.06. The number of anilines is 1. The molecule has 1 atom stereocenters. The molecule has 3 aromatic rings. The lowest BCUT2D eigenvalue weighted by Gasteiger charge is -2.32. The van der Waals surface area contributed by atoms with Gasteiger partial charge in [0.05, 0.1) is 16.1 Å². The number of benzene rings is 3. The van der Waals surface area contributed by atoms with E-state index < -0.39 is 46.2 Å². The van der Waals surface area contributed by atoms with Crippen molar-refractivity contribution in [3.05, 3.63) is 94.0 Å². The molecule has 1 N–H and O–H groups in total. The van der Waals surface area contributed by atoms with Gasteiger partial charge in [-0.25, -0.2) is 8.42 Å². The number of sulfonamides is 1. The molecule has 0 aliphatic heterocycles. The van der Waals surface area contributed by atoms with Crippen LogP contribution >= 0.6 is 23.2 Å². The number of amides is 2. The number of halogens is 5. The first-order valence-electron chi connectivity index (χ1n) is 12.4. The van der Waals surface area contributed by atoms with Crippen molar-refractivity contribution in [1.29, 1.82) is 0 Å². The summed E-state index contributed by atoms with van der Waals surface area (Å²) < 4.78 is 68.7. The van der Waals surface area contributed by atoms with Gasteiger partial charge in [0.15, 0.2) is 0 Å². The van der Waals surface area contributed by atoms with E-state index in [9.17, 15) is 31.2 Å². The van der Waals surface area contributed by atoms with E-state index in [4.69, 9.17) is 23.2 Å². The van der Waals surface area contributed by atoms with E-state index in [2.05, 4.69) is 5.32 Å². The molecular formula is C28H28Cl2F3N3O4S. The van der Waals surface area contributed by atoms with Crippen LogP contribution in [0.15, 0.2) is 77.7 Å². The number of hydrogen-bond acceptors (Lipinski definition) is 4. The molecule has 0 aliphatic rings. The smallest absolute Gasteiger partial charge is 0.352 e. The van der Waals surface area contributed by atoms with Crippen LogP contribution in [0.3, 0.4) is 0 Å². The number of nitrogens with one attached hydrogen (secondary N) is 1. The summed E-state index contributed by atoms with van der Waals surface area (Å²) in [4.78, 5) is 27.7. The predicted octanol–water partition coefficient (Wildman–Crippen LogP) is 6.15. The fourth-order valence-electron chi connectivity index (χ4n) is 3.93. The van der Waals surface area contributed by atoms with Gasteiger partial charge in [0.2, 0.25) is 11.8 Å². The Hall–Kier alpha value is -3.28. The number of carbonyl (C=O) groups excluding carboxylic acids is 2. The molecule has 7 nitrogen and oxygen atoms in total. The van der Waals surface area contributed by atoms with Crippen LogP contribution < -0.4 is 9.62 Å². The molecule has 220 valence electrons. The van der Waals surface area contributed by atoms with Gasteiger partial charge < -0.3 is 10.2 Å². The Morgan fingerprint density at radius 3 is 2.05 bits per heavy atom. The molecule has 0 spiro atoms. The monoisotopic (exact) mass is 629 g/mol. The SMILES string of the molecule is CC(C)NC(=O)C(C)N(Cc1c(Cl)cccc1Cl)C(=O)CN(c1cccc(C(F)(F)F)c1)S(=O)(=O)c1ccccc1. The lowest BCUT2D eigenvalue weighted by atomic mass is 10.1. The zero-order chi connectivity index (χ0) is 30.5. The van der Waals surface area contributed by atoms with E-state index in [-0.39, 0.29) is 33.2 Å². The summed E-state index contributed by atoms with van der Waals surface area (Å²) in [5.74, 6) is -1.41. The average molecular weight is 631 g/mol. The third kappa shape index (κ3) is 7.93. The Kier molecular flexibility index (Phi) is 10.3. The summed E-state index contributed by atoms with van der Waals surface area (Å²) in [5.41, 5.74) is -1.17. The molecule has 0 radical (unpaired) electrons. The lowest BCUT2D eigenvalue weighted by Crippen LogP contribution is -2.52. The highest BCUT2D eigenvalue weighted by Gasteiger charge is 2.35. The summed E-state index contributed by atoms with van der Waals surface area (Å²) >= 11 is 12.7. The molecule has 0 heterocycles. The summed E-state index contributed by atoms with van der Waals surface area (Å²) in [6, 6.07) is 13.9. The van der Waals surface area contributed by atoms with Crippen molar-refractivity contribution in [2.75, 3.05) is 10.8 Å². The normalized spacial score (nSPS) is 12.6. The topological polar surface area (TPSA) is 86.8 Å². The first-order chi connectivity index (χ1) is 19.1. The van der Waals surface area contributed by atoms with Crippen LogP contribution in [0.2, 0.25) is 10.0 Å². The van der Waals surface area contributed by atoms with E-state index in [0.717, 1.165) is 23.1 Å². The van der Waals surface area contributed by atoms with Crippen molar-refractivity contribution >= 4 is 50.7 Å². The van der Waals surface area contributed by atoms with Crippen LogP contribution in [0.5, 0.6) is 0 Å². The third-order valence-corrected chi connectivity index (χ3v) is 8.56. The van der Waals surface area contributed by atoms with E-state index >= 15 is 0 Å². The molecule has 41 heavy (non-hydrogen) atoms. The van der Waals surface area contributed by atoms with Crippen LogP contribution in [0, 0.1) is 0 Å². The fraction of sp³-hybridized carbons (Fsp3) is 0.286. The predicted molar refractivity (Wildman–Crippen MR) is 152 cm³/mol. The van der Waals surface area contributed by atoms with Crippen molar-refractivity contribution in [2.45, 2.75) is 50.5 Å².